The minimum atomic E-state index is -2.81. The highest BCUT2D eigenvalue weighted by atomic mass is 35.5. The molecule has 1 N–H and O–H groups in total. The lowest BCUT2D eigenvalue weighted by atomic mass is 10.1. The van der Waals surface area contributed by atoms with Crippen molar-refractivity contribution in [1.82, 2.24) is 0 Å². The van der Waals surface area contributed by atoms with Gasteiger partial charge < -0.3 is 10.1 Å². The summed E-state index contributed by atoms with van der Waals surface area (Å²) in [6.45, 7) is 0. The Balaban J connectivity index is 2.00. The van der Waals surface area contributed by atoms with Gasteiger partial charge in [-0.15, -0.1) is 0 Å². The third-order valence-corrected chi connectivity index (χ3v) is 5.09. The Morgan fingerprint density at radius 1 is 1.33 bits per heavy atom. The van der Waals surface area contributed by atoms with Crippen molar-refractivity contribution in [2.75, 3.05) is 23.9 Å². The average Bonchev–Trinajstić information content (AvgIpc) is 2.32. The van der Waals surface area contributed by atoms with Crippen LogP contribution in [0.1, 0.15) is 12.8 Å². The van der Waals surface area contributed by atoms with Gasteiger partial charge in [0.05, 0.1) is 23.6 Å². The number of ether oxygens (including phenoxy) is 1. The average molecular weight is 290 g/mol. The smallest absolute Gasteiger partial charge is 0.150 e. The van der Waals surface area contributed by atoms with E-state index in [1.165, 1.54) is 0 Å². The highest BCUT2D eigenvalue weighted by Gasteiger charge is 2.23. The van der Waals surface area contributed by atoms with Gasteiger partial charge in [-0.1, -0.05) is 11.6 Å². The maximum Gasteiger partial charge on any atom is 0.150 e. The van der Waals surface area contributed by atoms with Crippen molar-refractivity contribution in [3.05, 3.63) is 23.2 Å². The van der Waals surface area contributed by atoms with E-state index in [1.54, 1.807) is 19.2 Å². The molecule has 0 aromatic heterocycles. The SMILES string of the molecule is COc1ccc(NC2CCS(=O)(=O)CC2)cc1Cl. The largest absolute Gasteiger partial charge is 0.495 e. The van der Waals surface area contributed by atoms with E-state index in [4.69, 9.17) is 16.3 Å². The van der Waals surface area contributed by atoms with Gasteiger partial charge in [-0.25, -0.2) is 8.42 Å². The van der Waals surface area contributed by atoms with Crippen LogP contribution >= 0.6 is 11.6 Å². The number of rotatable bonds is 3. The van der Waals surface area contributed by atoms with Crippen LogP contribution in [0.25, 0.3) is 0 Å². The molecule has 6 heteroatoms. The van der Waals surface area contributed by atoms with E-state index in [9.17, 15) is 8.42 Å². The van der Waals surface area contributed by atoms with Crippen molar-refractivity contribution in [1.29, 1.82) is 0 Å². The molecule has 1 aliphatic rings. The van der Waals surface area contributed by atoms with Crippen LogP contribution in [-0.2, 0) is 9.84 Å². The van der Waals surface area contributed by atoms with Crippen LogP contribution in [0.15, 0.2) is 18.2 Å². The van der Waals surface area contributed by atoms with Gasteiger partial charge in [-0.2, -0.15) is 0 Å². The number of methoxy groups -OCH3 is 1. The molecular weight excluding hydrogens is 274 g/mol. The molecule has 0 unspecified atom stereocenters. The van der Waals surface area contributed by atoms with Gasteiger partial charge in [0.25, 0.3) is 0 Å². The Hall–Kier alpha value is -0.940. The van der Waals surface area contributed by atoms with Crippen LogP contribution in [0.2, 0.25) is 5.02 Å². The Labute approximate surface area is 112 Å². The second-order valence-electron chi connectivity index (χ2n) is 4.42. The number of sulfone groups is 1. The molecule has 0 radical (unpaired) electrons. The standard InChI is InChI=1S/C12H16ClNO3S/c1-17-12-3-2-10(8-11(12)13)14-9-4-6-18(15,16)7-5-9/h2-3,8-9,14H,4-7H2,1H3. The fourth-order valence-corrected chi connectivity index (χ4v) is 3.78. The molecule has 1 fully saturated rings. The van der Waals surface area contributed by atoms with E-state index in [0.717, 1.165) is 5.69 Å². The van der Waals surface area contributed by atoms with E-state index in [1.807, 2.05) is 6.07 Å². The van der Waals surface area contributed by atoms with Gasteiger partial charge in [0, 0.05) is 11.7 Å². The molecule has 2 rings (SSSR count). The molecule has 0 saturated carbocycles. The van der Waals surface area contributed by atoms with Crippen molar-refractivity contribution in [3.8, 4) is 5.75 Å². The lowest BCUT2D eigenvalue weighted by Crippen LogP contribution is -2.32. The first-order chi connectivity index (χ1) is 8.50. The van der Waals surface area contributed by atoms with Crippen LogP contribution in [0.3, 0.4) is 0 Å². The zero-order valence-electron chi connectivity index (χ0n) is 10.1. The van der Waals surface area contributed by atoms with Crippen LogP contribution in [-0.4, -0.2) is 33.1 Å². The molecule has 100 valence electrons. The summed E-state index contributed by atoms with van der Waals surface area (Å²) in [7, 11) is -1.24. The molecule has 1 aromatic rings. The maximum absolute atomic E-state index is 11.3. The molecule has 0 atom stereocenters. The number of benzene rings is 1. The second-order valence-corrected chi connectivity index (χ2v) is 7.13. The highest BCUT2D eigenvalue weighted by Crippen LogP contribution is 2.28. The molecule has 0 bridgehead atoms. The van der Waals surface area contributed by atoms with E-state index in [2.05, 4.69) is 5.32 Å². The first kappa shape index (κ1) is 13.5. The van der Waals surface area contributed by atoms with Gasteiger partial charge in [-0.3, -0.25) is 0 Å². The normalized spacial score (nSPS) is 19.4. The number of hydrogen-bond donors (Lipinski definition) is 1. The fraction of sp³-hybridized carbons (Fsp3) is 0.500. The lowest BCUT2D eigenvalue weighted by Gasteiger charge is -2.24. The first-order valence-corrected chi connectivity index (χ1v) is 8.00. The molecule has 18 heavy (non-hydrogen) atoms. The second kappa shape index (κ2) is 5.36. The van der Waals surface area contributed by atoms with E-state index < -0.39 is 9.84 Å². The molecule has 1 saturated heterocycles. The Morgan fingerprint density at radius 2 is 2.00 bits per heavy atom. The summed E-state index contributed by atoms with van der Waals surface area (Å²) in [5.74, 6) is 1.15. The molecule has 1 aliphatic heterocycles. The third-order valence-electron chi connectivity index (χ3n) is 3.08. The molecule has 0 aliphatic carbocycles. The number of nitrogens with one attached hydrogen (secondary N) is 1. The van der Waals surface area contributed by atoms with Crippen molar-refractivity contribution in [2.45, 2.75) is 18.9 Å². The van der Waals surface area contributed by atoms with Crippen molar-refractivity contribution in [3.63, 3.8) is 0 Å². The van der Waals surface area contributed by atoms with Crippen LogP contribution in [0.4, 0.5) is 5.69 Å². The Bertz CT molecular complexity index is 516. The van der Waals surface area contributed by atoms with Gasteiger partial charge >= 0.3 is 0 Å². The van der Waals surface area contributed by atoms with E-state index >= 15 is 0 Å². The molecule has 4 nitrogen and oxygen atoms in total. The minimum absolute atomic E-state index is 0.193. The van der Waals surface area contributed by atoms with Crippen LogP contribution in [0, 0.1) is 0 Å². The third kappa shape index (κ3) is 3.29. The first-order valence-electron chi connectivity index (χ1n) is 5.81. The Kier molecular flexibility index (Phi) is 4.02. The summed E-state index contributed by atoms with van der Waals surface area (Å²) < 4.78 is 27.7. The predicted octanol–water partition coefficient (Wildman–Crippen LogP) is 2.34. The number of anilines is 1. The van der Waals surface area contributed by atoms with E-state index in [-0.39, 0.29) is 17.5 Å². The highest BCUT2D eigenvalue weighted by molar-refractivity contribution is 7.91. The summed E-state index contributed by atoms with van der Waals surface area (Å²) >= 11 is 6.03. The number of hydrogen-bond acceptors (Lipinski definition) is 4. The zero-order valence-corrected chi connectivity index (χ0v) is 11.7. The summed E-state index contributed by atoms with van der Waals surface area (Å²) in [5, 5.41) is 3.85. The van der Waals surface area contributed by atoms with E-state index in [0.29, 0.717) is 23.6 Å². The quantitative estimate of drug-likeness (QED) is 0.928. The van der Waals surface area contributed by atoms with Gasteiger partial charge in [0.15, 0.2) is 0 Å². The van der Waals surface area contributed by atoms with Crippen molar-refractivity contribution < 1.29 is 13.2 Å². The minimum Gasteiger partial charge on any atom is -0.495 e. The van der Waals surface area contributed by atoms with Crippen molar-refractivity contribution in [2.24, 2.45) is 0 Å². The summed E-state index contributed by atoms with van der Waals surface area (Å²) in [6, 6.07) is 5.67. The van der Waals surface area contributed by atoms with Crippen LogP contribution < -0.4 is 10.1 Å². The maximum atomic E-state index is 11.3. The molecule has 1 heterocycles. The van der Waals surface area contributed by atoms with Gasteiger partial charge in [-0.05, 0) is 31.0 Å². The van der Waals surface area contributed by atoms with Gasteiger partial charge in [0.2, 0.25) is 0 Å². The molecular formula is C12H16ClNO3S. The predicted molar refractivity (Wildman–Crippen MR) is 73.3 cm³/mol. The Morgan fingerprint density at radius 3 is 2.56 bits per heavy atom. The zero-order chi connectivity index (χ0) is 13.2. The molecule has 0 spiro atoms. The fourth-order valence-electron chi connectivity index (χ4n) is 2.03. The summed E-state index contributed by atoms with van der Waals surface area (Å²) in [4.78, 5) is 0. The topological polar surface area (TPSA) is 55.4 Å². The van der Waals surface area contributed by atoms with Crippen molar-refractivity contribution >= 4 is 27.1 Å². The number of halogens is 1. The van der Waals surface area contributed by atoms with Crippen LogP contribution in [0.5, 0.6) is 5.75 Å². The lowest BCUT2D eigenvalue weighted by molar-refractivity contribution is 0.415. The molecule has 0 amide bonds. The monoisotopic (exact) mass is 289 g/mol. The summed E-state index contributed by atoms with van der Waals surface area (Å²) in [5.41, 5.74) is 0.894. The van der Waals surface area contributed by atoms with Gasteiger partial charge in [0.1, 0.15) is 15.6 Å². The molecule has 1 aromatic carbocycles. The summed E-state index contributed by atoms with van der Waals surface area (Å²) in [6.07, 6.45) is 1.29.